The van der Waals surface area contributed by atoms with Gasteiger partial charge in [-0.25, -0.2) is 9.97 Å². The Kier molecular flexibility index (Phi) is 5.51. The average Bonchev–Trinajstić information content (AvgIpc) is 3.82. The minimum absolute atomic E-state index is 0.686. The average molecular weight is 603 g/mol. The van der Waals surface area contributed by atoms with E-state index in [4.69, 9.17) is 14.4 Å². The largest absolute Gasteiger partial charge is 0.455 e. The van der Waals surface area contributed by atoms with Crippen LogP contribution in [0, 0.1) is 0 Å². The van der Waals surface area contributed by atoms with Crippen LogP contribution < -0.4 is 0 Å². The Bertz CT molecular complexity index is 2730. The van der Waals surface area contributed by atoms with Crippen molar-refractivity contribution in [2.45, 2.75) is 0 Å². The van der Waals surface area contributed by atoms with E-state index in [1.165, 1.54) is 0 Å². The lowest BCUT2D eigenvalue weighted by atomic mass is 10.1. The van der Waals surface area contributed by atoms with E-state index < -0.39 is 0 Å². The van der Waals surface area contributed by atoms with Gasteiger partial charge in [-0.15, -0.1) is 0 Å². The second-order valence-corrected chi connectivity index (χ2v) is 11.9. The van der Waals surface area contributed by atoms with E-state index in [1.54, 1.807) is 0 Å². The molecule has 5 nitrogen and oxygen atoms in total. The Morgan fingerprint density at radius 3 is 1.96 bits per heavy atom. The van der Waals surface area contributed by atoms with Gasteiger partial charge >= 0.3 is 0 Å². The van der Waals surface area contributed by atoms with Gasteiger partial charge in [-0.2, -0.15) is 0 Å². The van der Waals surface area contributed by atoms with Crippen molar-refractivity contribution in [2.24, 2.45) is 0 Å². The summed E-state index contributed by atoms with van der Waals surface area (Å²) in [6.45, 7) is 0. The molecule has 0 aliphatic carbocycles. The van der Waals surface area contributed by atoms with E-state index >= 15 is 0 Å². The van der Waals surface area contributed by atoms with Crippen LogP contribution in [-0.2, 0) is 0 Å². The SMILES string of the molecule is c1ccc(-c2cc(-n3cc(-n4c5ccccc5c5c6oc7ccccc7c6ccc54)c4ccccc43)nc(-c3ccccc3)n2)cc1. The van der Waals surface area contributed by atoms with Crippen molar-refractivity contribution in [2.75, 3.05) is 0 Å². The molecule has 0 spiro atoms. The van der Waals surface area contributed by atoms with Gasteiger partial charge in [0.1, 0.15) is 17.0 Å². The number of rotatable bonds is 4. The van der Waals surface area contributed by atoms with Gasteiger partial charge in [-0.1, -0.05) is 115 Å². The number of furan rings is 1. The molecule has 6 aromatic carbocycles. The summed E-state index contributed by atoms with van der Waals surface area (Å²) in [6.07, 6.45) is 2.21. The van der Waals surface area contributed by atoms with Crippen molar-refractivity contribution in [3.63, 3.8) is 0 Å². The van der Waals surface area contributed by atoms with Crippen LogP contribution in [0.25, 0.3) is 88.8 Å². The molecule has 0 radical (unpaired) electrons. The predicted octanol–water partition coefficient (Wildman–Crippen LogP) is 10.8. The molecular formula is C42H26N4O. The molecule has 0 bridgehead atoms. The standard InChI is InChI=1S/C42H26N4O/c1-3-13-27(14-4-1)33-25-39(44-42(43-33)28-15-5-2-6-16-28)45-26-37(31-18-7-10-20-34(31)45)46-35-21-11-8-19-32(35)40-36(46)24-23-30-29-17-9-12-22-38(29)47-41(30)40/h1-26H. The molecule has 220 valence electrons. The summed E-state index contributed by atoms with van der Waals surface area (Å²) >= 11 is 0. The number of fused-ring (bicyclic) bond motifs is 8. The molecule has 0 unspecified atom stereocenters. The molecular weight excluding hydrogens is 576 g/mol. The van der Waals surface area contributed by atoms with Crippen LogP contribution in [0.5, 0.6) is 0 Å². The molecule has 0 saturated heterocycles. The highest BCUT2D eigenvalue weighted by Crippen LogP contribution is 2.42. The number of hydrogen-bond donors (Lipinski definition) is 0. The minimum Gasteiger partial charge on any atom is -0.455 e. The van der Waals surface area contributed by atoms with Gasteiger partial charge < -0.3 is 8.98 Å². The van der Waals surface area contributed by atoms with E-state index in [0.717, 1.165) is 83.0 Å². The highest BCUT2D eigenvalue weighted by Gasteiger charge is 2.22. The van der Waals surface area contributed by atoms with Gasteiger partial charge in [-0.3, -0.25) is 4.57 Å². The third-order valence-electron chi connectivity index (χ3n) is 9.17. The molecule has 0 N–H and O–H groups in total. The van der Waals surface area contributed by atoms with Crippen molar-refractivity contribution in [1.82, 2.24) is 19.1 Å². The molecule has 0 atom stereocenters. The van der Waals surface area contributed by atoms with Gasteiger partial charge in [0.05, 0.1) is 33.3 Å². The normalized spacial score (nSPS) is 11.8. The lowest BCUT2D eigenvalue weighted by Crippen LogP contribution is -2.01. The minimum atomic E-state index is 0.686. The zero-order valence-electron chi connectivity index (χ0n) is 25.2. The van der Waals surface area contributed by atoms with Crippen molar-refractivity contribution in [1.29, 1.82) is 0 Å². The number of aromatic nitrogens is 4. The monoisotopic (exact) mass is 602 g/mol. The molecule has 4 heterocycles. The number of hydrogen-bond acceptors (Lipinski definition) is 3. The quantitative estimate of drug-likeness (QED) is 0.201. The maximum absolute atomic E-state index is 6.56. The van der Waals surface area contributed by atoms with Gasteiger partial charge in [0.15, 0.2) is 5.82 Å². The number of benzene rings is 6. The van der Waals surface area contributed by atoms with Crippen molar-refractivity contribution < 1.29 is 4.42 Å². The van der Waals surface area contributed by atoms with Gasteiger partial charge in [0, 0.05) is 44.9 Å². The molecule has 10 rings (SSSR count). The molecule has 0 aliphatic rings. The van der Waals surface area contributed by atoms with Gasteiger partial charge in [0.2, 0.25) is 0 Å². The zero-order valence-corrected chi connectivity index (χ0v) is 25.2. The van der Waals surface area contributed by atoms with Crippen molar-refractivity contribution >= 4 is 54.6 Å². The van der Waals surface area contributed by atoms with E-state index in [0.29, 0.717) is 5.82 Å². The van der Waals surface area contributed by atoms with Crippen molar-refractivity contribution in [3.05, 3.63) is 158 Å². The highest BCUT2D eigenvalue weighted by molar-refractivity contribution is 6.24. The Balaban J connectivity index is 1.27. The van der Waals surface area contributed by atoms with E-state index in [9.17, 15) is 0 Å². The van der Waals surface area contributed by atoms with E-state index in [2.05, 4.69) is 118 Å². The van der Waals surface area contributed by atoms with Gasteiger partial charge in [-0.05, 0) is 30.3 Å². The molecule has 4 aromatic heterocycles. The fraction of sp³-hybridized carbons (Fsp3) is 0. The maximum Gasteiger partial charge on any atom is 0.162 e. The first kappa shape index (κ1) is 25.8. The Morgan fingerprint density at radius 2 is 1.15 bits per heavy atom. The van der Waals surface area contributed by atoms with Crippen LogP contribution in [-0.4, -0.2) is 19.1 Å². The second kappa shape index (κ2) is 10.0. The summed E-state index contributed by atoms with van der Waals surface area (Å²) in [7, 11) is 0. The molecule has 0 aliphatic heterocycles. The summed E-state index contributed by atoms with van der Waals surface area (Å²) in [5, 5.41) is 5.65. The Labute approximate surface area is 269 Å². The van der Waals surface area contributed by atoms with Crippen LogP contribution in [0.4, 0.5) is 0 Å². The van der Waals surface area contributed by atoms with E-state index in [-0.39, 0.29) is 0 Å². The fourth-order valence-corrected chi connectivity index (χ4v) is 7.05. The third-order valence-corrected chi connectivity index (χ3v) is 9.17. The van der Waals surface area contributed by atoms with Gasteiger partial charge in [0.25, 0.3) is 0 Å². The smallest absolute Gasteiger partial charge is 0.162 e. The van der Waals surface area contributed by atoms with Crippen LogP contribution >= 0.6 is 0 Å². The van der Waals surface area contributed by atoms with Crippen LogP contribution in [0.2, 0.25) is 0 Å². The summed E-state index contributed by atoms with van der Waals surface area (Å²) in [4.78, 5) is 10.2. The summed E-state index contributed by atoms with van der Waals surface area (Å²) in [5.74, 6) is 1.49. The van der Waals surface area contributed by atoms with E-state index in [1.807, 2.05) is 48.5 Å². The molecule has 0 fully saturated rings. The highest BCUT2D eigenvalue weighted by atomic mass is 16.3. The molecule has 47 heavy (non-hydrogen) atoms. The topological polar surface area (TPSA) is 48.8 Å². The Hall–Kier alpha value is -6.46. The summed E-state index contributed by atoms with van der Waals surface area (Å²) in [5.41, 5.74) is 9.06. The van der Waals surface area contributed by atoms with Crippen LogP contribution in [0.3, 0.4) is 0 Å². The van der Waals surface area contributed by atoms with Crippen LogP contribution in [0.1, 0.15) is 0 Å². The zero-order chi connectivity index (χ0) is 30.9. The lowest BCUT2D eigenvalue weighted by Gasteiger charge is -2.11. The number of nitrogens with zero attached hydrogens (tertiary/aromatic N) is 4. The maximum atomic E-state index is 6.56. The second-order valence-electron chi connectivity index (χ2n) is 11.9. The summed E-state index contributed by atoms with van der Waals surface area (Å²) in [6, 6.07) is 52.4. The first-order chi connectivity index (χ1) is 23.3. The predicted molar refractivity (Wildman–Crippen MR) is 191 cm³/mol. The van der Waals surface area contributed by atoms with Crippen molar-refractivity contribution in [3.8, 4) is 34.2 Å². The Morgan fingerprint density at radius 1 is 0.489 bits per heavy atom. The first-order valence-electron chi connectivity index (χ1n) is 15.8. The lowest BCUT2D eigenvalue weighted by molar-refractivity contribution is 0.673. The first-order valence-corrected chi connectivity index (χ1v) is 15.8. The molecule has 5 heteroatoms. The molecule has 0 saturated carbocycles. The molecule has 0 amide bonds. The summed E-state index contributed by atoms with van der Waals surface area (Å²) < 4.78 is 11.1. The number of para-hydroxylation sites is 3. The van der Waals surface area contributed by atoms with Crippen LogP contribution in [0.15, 0.2) is 162 Å². The third kappa shape index (κ3) is 3.90. The molecule has 10 aromatic rings. The fourth-order valence-electron chi connectivity index (χ4n) is 7.05.